The van der Waals surface area contributed by atoms with Crippen molar-refractivity contribution >= 4 is 23.4 Å². The van der Waals surface area contributed by atoms with E-state index in [9.17, 15) is 5.11 Å². The molecule has 0 saturated carbocycles. The van der Waals surface area contributed by atoms with Crippen LogP contribution in [0.4, 0.5) is 0 Å². The first-order chi connectivity index (χ1) is 7.72. The van der Waals surface area contributed by atoms with Crippen LogP contribution in [0, 0.1) is 0 Å². The molecular weight excluding hydrogens is 248 g/mol. The third-order valence-corrected chi connectivity index (χ3v) is 3.42. The van der Waals surface area contributed by atoms with E-state index in [0.717, 1.165) is 5.16 Å². The summed E-state index contributed by atoms with van der Waals surface area (Å²) in [6.07, 6.45) is 4.90. The van der Waals surface area contributed by atoms with E-state index >= 15 is 0 Å². The fourth-order valence-corrected chi connectivity index (χ4v) is 2.26. The summed E-state index contributed by atoms with van der Waals surface area (Å²) >= 11 is 7.20. The molecule has 16 heavy (non-hydrogen) atoms. The van der Waals surface area contributed by atoms with E-state index < -0.39 is 0 Å². The molecule has 0 fully saturated rings. The van der Waals surface area contributed by atoms with Crippen molar-refractivity contribution in [3.05, 3.63) is 29.4 Å². The Morgan fingerprint density at radius 3 is 2.88 bits per heavy atom. The topological polar surface area (TPSA) is 63.8 Å². The minimum absolute atomic E-state index is 0.188. The van der Waals surface area contributed by atoms with E-state index in [-0.39, 0.29) is 11.8 Å². The van der Waals surface area contributed by atoms with Gasteiger partial charge in [-0.25, -0.2) is 15.0 Å². The van der Waals surface area contributed by atoms with E-state index in [1.807, 2.05) is 17.8 Å². The van der Waals surface area contributed by atoms with Crippen molar-refractivity contribution in [1.82, 2.24) is 19.5 Å². The minimum Gasteiger partial charge on any atom is -0.391 e. The van der Waals surface area contributed by atoms with Gasteiger partial charge >= 0.3 is 0 Å². The number of hydrogen-bond acceptors (Lipinski definition) is 5. The van der Waals surface area contributed by atoms with Crippen LogP contribution < -0.4 is 0 Å². The van der Waals surface area contributed by atoms with Crippen molar-refractivity contribution in [2.75, 3.05) is 0 Å². The number of hydrogen-bond donors (Lipinski definition) is 1. The second kappa shape index (κ2) is 4.82. The molecule has 0 unspecified atom stereocenters. The Balaban J connectivity index is 2.35. The van der Waals surface area contributed by atoms with Crippen LogP contribution in [0.25, 0.3) is 0 Å². The van der Waals surface area contributed by atoms with E-state index in [1.54, 1.807) is 6.20 Å². The molecule has 0 bridgehead atoms. The van der Waals surface area contributed by atoms with Gasteiger partial charge in [-0.3, -0.25) is 0 Å². The van der Waals surface area contributed by atoms with Crippen LogP contribution in [0.5, 0.6) is 0 Å². The van der Waals surface area contributed by atoms with E-state index in [1.165, 1.54) is 18.1 Å². The molecule has 0 saturated heterocycles. The lowest BCUT2D eigenvalue weighted by Crippen LogP contribution is -1.97. The number of aryl methyl sites for hydroxylation is 1. The number of nitrogens with zero attached hydrogens (tertiary/aromatic N) is 4. The van der Waals surface area contributed by atoms with Gasteiger partial charge in [0.1, 0.15) is 16.5 Å². The normalized spacial score (nSPS) is 10.7. The molecule has 0 aromatic carbocycles. The lowest BCUT2D eigenvalue weighted by molar-refractivity contribution is 0.277. The van der Waals surface area contributed by atoms with Gasteiger partial charge in [0.05, 0.1) is 6.61 Å². The van der Waals surface area contributed by atoms with Gasteiger partial charge in [-0.05, 0) is 11.8 Å². The second-order valence-electron chi connectivity index (χ2n) is 3.03. The Hall–Kier alpha value is -1.11. The molecule has 0 amide bonds. The van der Waals surface area contributed by atoms with E-state index in [2.05, 4.69) is 15.0 Å². The highest BCUT2D eigenvalue weighted by atomic mass is 35.5. The van der Waals surface area contributed by atoms with Gasteiger partial charge in [-0.2, -0.15) is 0 Å². The predicted molar refractivity (Wildman–Crippen MR) is 60.3 cm³/mol. The molecule has 2 heterocycles. The molecule has 2 aromatic rings. The van der Waals surface area contributed by atoms with Crippen molar-refractivity contribution in [3.63, 3.8) is 0 Å². The molecule has 0 aliphatic carbocycles. The molecule has 0 atom stereocenters. The van der Waals surface area contributed by atoms with Crippen molar-refractivity contribution in [1.29, 1.82) is 0 Å². The molecule has 7 heteroatoms. The zero-order valence-corrected chi connectivity index (χ0v) is 10.0. The molecule has 2 rings (SSSR count). The highest BCUT2D eigenvalue weighted by Crippen LogP contribution is 2.29. The molecule has 5 nitrogen and oxygen atoms in total. The second-order valence-corrected chi connectivity index (χ2v) is 4.34. The predicted octanol–water partition coefficient (Wildman–Crippen LogP) is 1.51. The maximum atomic E-state index is 9.19. The quantitative estimate of drug-likeness (QED) is 0.844. The molecule has 1 N–H and O–H groups in total. The molecule has 0 aliphatic heterocycles. The Morgan fingerprint density at radius 1 is 1.44 bits per heavy atom. The number of aliphatic hydroxyl groups excluding tert-OH is 1. The first-order valence-corrected chi connectivity index (χ1v) is 5.67. The van der Waals surface area contributed by atoms with Gasteiger partial charge < -0.3 is 9.67 Å². The van der Waals surface area contributed by atoms with Crippen molar-refractivity contribution in [2.45, 2.75) is 16.8 Å². The van der Waals surface area contributed by atoms with Crippen LogP contribution in [0.2, 0.25) is 5.15 Å². The molecule has 0 spiro atoms. The van der Waals surface area contributed by atoms with Gasteiger partial charge in [-0.1, -0.05) is 11.6 Å². The average Bonchev–Trinajstić information content (AvgIpc) is 2.65. The number of imidazole rings is 1. The maximum absolute atomic E-state index is 9.19. The maximum Gasteiger partial charge on any atom is 0.174 e. The summed E-state index contributed by atoms with van der Waals surface area (Å²) < 4.78 is 1.86. The van der Waals surface area contributed by atoms with Crippen LogP contribution in [0.15, 0.2) is 28.9 Å². The van der Waals surface area contributed by atoms with Crippen LogP contribution in [0.3, 0.4) is 0 Å². The van der Waals surface area contributed by atoms with Crippen LogP contribution >= 0.6 is 23.4 Å². The fraction of sp³-hybridized carbons (Fsp3) is 0.222. The molecule has 0 radical (unpaired) electrons. The third-order valence-electron chi connectivity index (χ3n) is 1.98. The Morgan fingerprint density at radius 2 is 2.25 bits per heavy atom. The minimum atomic E-state index is -0.188. The molecule has 0 aliphatic rings. The summed E-state index contributed by atoms with van der Waals surface area (Å²) in [5.41, 5.74) is 0.525. The Kier molecular flexibility index (Phi) is 3.42. The monoisotopic (exact) mass is 256 g/mol. The molecule has 2 aromatic heterocycles. The van der Waals surface area contributed by atoms with Gasteiger partial charge in [0.25, 0.3) is 0 Å². The first-order valence-electron chi connectivity index (χ1n) is 4.47. The fourth-order valence-electron chi connectivity index (χ4n) is 1.13. The van der Waals surface area contributed by atoms with Gasteiger partial charge in [0.2, 0.25) is 0 Å². The summed E-state index contributed by atoms with van der Waals surface area (Å²) in [6.45, 7) is -0.188. The zero-order chi connectivity index (χ0) is 11.5. The smallest absolute Gasteiger partial charge is 0.174 e. The summed E-state index contributed by atoms with van der Waals surface area (Å²) in [6, 6.07) is 0. The Bertz CT molecular complexity index is 502. The molecule has 84 valence electrons. The summed E-state index contributed by atoms with van der Waals surface area (Å²) in [4.78, 5) is 12.1. The van der Waals surface area contributed by atoms with Crippen molar-refractivity contribution in [3.8, 4) is 0 Å². The number of aliphatic hydroxyl groups is 1. The summed E-state index contributed by atoms with van der Waals surface area (Å²) in [5.74, 6) is 0. The number of rotatable bonds is 3. The average molecular weight is 257 g/mol. The third kappa shape index (κ3) is 2.18. The zero-order valence-electron chi connectivity index (χ0n) is 8.46. The van der Waals surface area contributed by atoms with Gasteiger partial charge in [0.15, 0.2) is 5.16 Å². The lowest BCUT2D eigenvalue weighted by Gasteiger charge is -2.06. The van der Waals surface area contributed by atoms with Gasteiger partial charge in [-0.15, -0.1) is 0 Å². The molecular formula is C9H9ClN4OS. The van der Waals surface area contributed by atoms with Crippen molar-refractivity contribution in [2.24, 2.45) is 7.05 Å². The highest BCUT2D eigenvalue weighted by molar-refractivity contribution is 7.99. The number of aromatic nitrogens is 4. The van der Waals surface area contributed by atoms with Crippen LogP contribution in [-0.4, -0.2) is 24.6 Å². The van der Waals surface area contributed by atoms with Gasteiger partial charge in [0, 0.05) is 25.0 Å². The van der Waals surface area contributed by atoms with Crippen molar-refractivity contribution < 1.29 is 5.11 Å². The largest absolute Gasteiger partial charge is 0.391 e. The standard InChI is InChI=1S/C9H9ClN4OS/c1-14-3-2-11-9(14)16-8-6(4-15)7(10)12-5-13-8/h2-3,5,15H,4H2,1H3. The summed E-state index contributed by atoms with van der Waals surface area (Å²) in [5, 5.41) is 10.9. The first kappa shape index (κ1) is 11.4. The lowest BCUT2D eigenvalue weighted by atomic mass is 10.4. The van der Waals surface area contributed by atoms with Crippen LogP contribution in [0.1, 0.15) is 5.56 Å². The van der Waals surface area contributed by atoms with E-state index in [0.29, 0.717) is 10.6 Å². The summed E-state index contributed by atoms with van der Waals surface area (Å²) in [7, 11) is 1.89. The Labute approximate surface area is 102 Å². The SMILES string of the molecule is Cn1ccnc1Sc1ncnc(Cl)c1CO. The number of halogens is 1. The van der Waals surface area contributed by atoms with Crippen LogP contribution in [-0.2, 0) is 13.7 Å². The highest BCUT2D eigenvalue weighted by Gasteiger charge is 2.12. The van der Waals surface area contributed by atoms with E-state index in [4.69, 9.17) is 11.6 Å².